The van der Waals surface area contributed by atoms with Gasteiger partial charge in [0.05, 0.1) is 5.75 Å². The lowest BCUT2D eigenvalue weighted by Gasteiger charge is -2.29. The largest absolute Gasteiger partial charge is 0.354 e. The predicted molar refractivity (Wildman–Crippen MR) is 135 cm³/mol. The summed E-state index contributed by atoms with van der Waals surface area (Å²) in [7, 11) is 0. The molecule has 31 heavy (non-hydrogen) atoms. The first-order valence-corrected chi connectivity index (χ1v) is 12.9. The molecule has 0 heterocycles. The Bertz CT molecular complexity index is 880. The van der Waals surface area contributed by atoms with Gasteiger partial charge in [0.2, 0.25) is 11.8 Å². The van der Waals surface area contributed by atoms with E-state index in [4.69, 9.17) is 23.2 Å². The Balaban J connectivity index is 2.05. The van der Waals surface area contributed by atoms with Crippen LogP contribution in [0.5, 0.6) is 0 Å². The Labute approximate surface area is 207 Å². The molecule has 168 valence electrons. The van der Waals surface area contributed by atoms with Crippen molar-refractivity contribution < 1.29 is 9.59 Å². The number of carbonyl (C=O) groups excluding carboxylic acids is 2. The zero-order chi connectivity index (χ0) is 22.8. The summed E-state index contributed by atoms with van der Waals surface area (Å²) in [5.41, 5.74) is 1.89. The second-order valence-corrected chi connectivity index (χ2v) is 9.94. The zero-order valence-corrected chi connectivity index (χ0v) is 21.6. The molecule has 2 aromatic carbocycles. The van der Waals surface area contributed by atoms with Gasteiger partial charge >= 0.3 is 0 Å². The van der Waals surface area contributed by atoms with Crippen molar-refractivity contribution in [1.82, 2.24) is 10.2 Å². The van der Waals surface area contributed by atoms with E-state index in [2.05, 4.69) is 28.2 Å². The summed E-state index contributed by atoms with van der Waals surface area (Å²) in [6.45, 7) is 4.84. The van der Waals surface area contributed by atoms with Gasteiger partial charge in [0.15, 0.2) is 0 Å². The third kappa shape index (κ3) is 8.68. The zero-order valence-electron chi connectivity index (χ0n) is 17.7. The van der Waals surface area contributed by atoms with Gasteiger partial charge in [-0.25, -0.2) is 0 Å². The van der Waals surface area contributed by atoms with Crippen LogP contribution < -0.4 is 5.32 Å². The van der Waals surface area contributed by atoms with Crippen LogP contribution in [-0.2, 0) is 21.9 Å². The highest BCUT2D eigenvalue weighted by molar-refractivity contribution is 9.10. The minimum Gasteiger partial charge on any atom is -0.354 e. The van der Waals surface area contributed by atoms with Crippen molar-refractivity contribution in [2.24, 2.45) is 0 Å². The number of hydrogen-bond donors (Lipinski definition) is 1. The van der Waals surface area contributed by atoms with Crippen molar-refractivity contribution in [2.45, 2.75) is 45.0 Å². The van der Waals surface area contributed by atoms with E-state index in [1.807, 2.05) is 30.3 Å². The third-order valence-corrected chi connectivity index (χ3v) is 6.84. The molecule has 0 spiro atoms. The second kappa shape index (κ2) is 13.4. The molecule has 2 amide bonds. The van der Waals surface area contributed by atoms with Crippen LogP contribution in [0.25, 0.3) is 0 Å². The van der Waals surface area contributed by atoms with Crippen LogP contribution in [0.2, 0.25) is 10.0 Å². The fourth-order valence-corrected chi connectivity index (χ4v) is 4.61. The number of amides is 2. The summed E-state index contributed by atoms with van der Waals surface area (Å²) in [5, 5.41) is 4.10. The van der Waals surface area contributed by atoms with Crippen molar-refractivity contribution in [2.75, 3.05) is 12.3 Å². The van der Waals surface area contributed by atoms with Crippen LogP contribution in [0, 0.1) is 0 Å². The van der Waals surface area contributed by atoms with E-state index in [1.54, 1.807) is 24.0 Å². The second-order valence-electron chi connectivity index (χ2n) is 7.20. The maximum absolute atomic E-state index is 13.1. The first-order valence-electron chi connectivity index (χ1n) is 10.1. The summed E-state index contributed by atoms with van der Waals surface area (Å²) >= 11 is 17.1. The van der Waals surface area contributed by atoms with E-state index in [9.17, 15) is 9.59 Å². The molecule has 2 aromatic rings. The van der Waals surface area contributed by atoms with Gasteiger partial charge in [-0.2, -0.15) is 0 Å². The van der Waals surface area contributed by atoms with Gasteiger partial charge in [0, 0.05) is 33.4 Å². The quantitative estimate of drug-likeness (QED) is 0.336. The smallest absolute Gasteiger partial charge is 0.242 e. The van der Waals surface area contributed by atoms with Crippen molar-refractivity contribution in [3.63, 3.8) is 0 Å². The summed E-state index contributed by atoms with van der Waals surface area (Å²) in [4.78, 5) is 27.4. The van der Waals surface area contributed by atoms with Gasteiger partial charge in [0.1, 0.15) is 6.04 Å². The van der Waals surface area contributed by atoms with E-state index >= 15 is 0 Å². The van der Waals surface area contributed by atoms with Crippen molar-refractivity contribution in [3.05, 3.63) is 68.1 Å². The Hall–Kier alpha value is -1.21. The Morgan fingerprint density at radius 2 is 1.87 bits per heavy atom. The highest BCUT2D eigenvalue weighted by atomic mass is 79.9. The highest BCUT2D eigenvalue weighted by Crippen LogP contribution is 2.25. The number of hydrogen-bond acceptors (Lipinski definition) is 3. The fraction of sp³-hybridized carbons (Fsp3) is 0.391. The van der Waals surface area contributed by atoms with Gasteiger partial charge in [-0.3, -0.25) is 9.59 Å². The maximum Gasteiger partial charge on any atom is 0.242 e. The average Bonchev–Trinajstić information content (AvgIpc) is 2.74. The van der Waals surface area contributed by atoms with Gasteiger partial charge in [-0.15, -0.1) is 11.8 Å². The Morgan fingerprint density at radius 3 is 2.52 bits per heavy atom. The number of benzene rings is 2. The molecule has 0 bridgehead atoms. The van der Waals surface area contributed by atoms with Crippen LogP contribution in [-0.4, -0.2) is 35.1 Å². The van der Waals surface area contributed by atoms with E-state index in [0.717, 1.165) is 28.4 Å². The van der Waals surface area contributed by atoms with E-state index < -0.39 is 6.04 Å². The van der Waals surface area contributed by atoms with Crippen molar-refractivity contribution in [3.8, 4) is 0 Å². The molecule has 0 unspecified atom stereocenters. The number of rotatable bonds is 11. The van der Waals surface area contributed by atoms with Crippen molar-refractivity contribution in [1.29, 1.82) is 0 Å². The van der Waals surface area contributed by atoms with Gasteiger partial charge in [-0.1, -0.05) is 70.7 Å². The fourth-order valence-electron chi connectivity index (χ4n) is 2.88. The van der Waals surface area contributed by atoms with Crippen molar-refractivity contribution >= 4 is 62.7 Å². The van der Waals surface area contributed by atoms with Crippen LogP contribution in [0.1, 0.15) is 37.8 Å². The van der Waals surface area contributed by atoms with E-state index in [-0.39, 0.29) is 17.6 Å². The summed E-state index contributed by atoms with van der Waals surface area (Å²) in [6, 6.07) is 12.6. The lowest BCUT2D eigenvalue weighted by molar-refractivity contribution is -0.138. The first kappa shape index (κ1) is 26.0. The SMILES string of the molecule is CCCCNC(=O)[C@H](C)N(Cc1ccc(Br)cc1)C(=O)CSCc1ccc(Cl)cc1Cl. The molecule has 0 aliphatic carbocycles. The number of nitrogens with one attached hydrogen (secondary N) is 1. The first-order chi connectivity index (χ1) is 14.8. The normalized spacial score (nSPS) is 11.8. The summed E-state index contributed by atoms with van der Waals surface area (Å²) in [6.07, 6.45) is 1.91. The molecule has 1 N–H and O–H groups in total. The van der Waals surface area contributed by atoms with E-state index in [0.29, 0.717) is 28.9 Å². The molecule has 0 aliphatic heterocycles. The lowest BCUT2D eigenvalue weighted by atomic mass is 10.1. The van der Waals surface area contributed by atoms with E-state index in [1.165, 1.54) is 11.8 Å². The predicted octanol–water partition coefficient (Wildman–Crippen LogP) is 6.32. The van der Waals surface area contributed by atoms with Crippen LogP contribution in [0.4, 0.5) is 0 Å². The van der Waals surface area contributed by atoms with Gasteiger partial charge in [-0.05, 0) is 48.7 Å². The van der Waals surface area contributed by atoms with Crippen LogP contribution >= 0.6 is 50.9 Å². The molecule has 4 nitrogen and oxygen atoms in total. The highest BCUT2D eigenvalue weighted by Gasteiger charge is 2.25. The molecular formula is C23H27BrCl2N2O2S. The van der Waals surface area contributed by atoms with Gasteiger partial charge in [0.25, 0.3) is 0 Å². The summed E-state index contributed by atoms with van der Waals surface area (Å²) < 4.78 is 0.967. The molecule has 0 fully saturated rings. The average molecular weight is 546 g/mol. The minimum atomic E-state index is -0.562. The molecule has 0 aromatic heterocycles. The van der Waals surface area contributed by atoms with Gasteiger partial charge < -0.3 is 10.2 Å². The molecule has 2 rings (SSSR count). The molecule has 0 radical (unpaired) electrons. The Morgan fingerprint density at radius 1 is 1.16 bits per heavy atom. The topological polar surface area (TPSA) is 49.4 Å². The molecule has 0 aliphatic rings. The van der Waals surface area contributed by atoms with Crippen LogP contribution in [0.15, 0.2) is 46.9 Å². The monoisotopic (exact) mass is 544 g/mol. The minimum absolute atomic E-state index is 0.0869. The molecule has 0 saturated carbocycles. The number of thioether (sulfide) groups is 1. The number of carbonyl (C=O) groups is 2. The molecule has 0 saturated heterocycles. The third-order valence-electron chi connectivity index (χ3n) is 4.76. The Kier molecular flexibility index (Phi) is 11.2. The van der Waals surface area contributed by atoms with Crippen LogP contribution in [0.3, 0.4) is 0 Å². The summed E-state index contributed by atoms with van der Waals surface area (Å²) in [5.74, 6) is 0.619. The lowest BCUT2D eigenvalue weighted by Crippen LogP contribution is -2.48. The number of unbranched alkanes of at least 4 members (excludes halogenated alkanes) is 1. The molecule has 8 heteroatoms. The standard InChI is InChI=1S/C23H27BrCl2N2O2S/c1-3-4-11-27-23(30)16(2)28(13-17-5-8-19(24)9-6-17)22(29)15-31-14-18-7-10-20(25)12-21(18)26/h5-10,12,16H,3-4,11,13-15H2,1-2H3,(H,27,30)/t16-/m0/s1. The number of nitrogens with zero attached hydrogens (tertiary/aromatic N) is 1. The maximum atomic E-state index is 13.1. The number of halogens is 3. The molecular weight excluding hydrogens is 519 g/mol. The molecule has 1 atom stereocenters.